The average Bonchev–Trinajstić information content (AvgIpc) is 3.17. The van der Waals surface area contributed by atoms with E-state index in [4.69, 9.17) is 4.98 Å². The van der Waals surface area contributed by atoms with Crippen molar-refractivity contribution >= 4 is 23.1 Å². The summed E-state index contributed by atoms with van der Waals surface area (Å²) in [4.78, 5) is 9.67. The molecule has 0 amide bonds. The van der Waals surface area contributed by atoms with Gasteiger partial charge >= 0.3 is 0 Å². The Balaban J connectivity index is 0.000000238. The van der Waals surface area contributed by atoms with Crippen molar-refractivity contribution in [2.24, 2.45) is 0 Å². The molecule has 0 saturated heterocycles. The number of hydrogen-bond acceptors (Lipinski definition) is 4. The Labute approximate surface area is 251 Å². The van der Waals surface area contributed by atoms with E-state index in [0.717, 1.165) is 39.2 Å². The van der Waals surface area contributed by atoms with E-state index < -0.39 is 17.9 Å². The van der Waals surface area contributed by atoms with E-state index in [-0.39, 0.29) is 20.1 Å². The first-order valence-electron chi connectivity index (χ1n) is 12.8. The van der Waals surface area contributed by atoms with Crippen LogP contribution in [0.1, 0.15) is 11.1 Å². The number of sulfone groups is 1. The summed E-state index contributed by atoms with van der Waals surface area (Å²) in [5.74, 6) is 0. The fourth-order valence-electron chi connectivity index (χ4n) is 4.89. The summed E-state index contributed by atoms with van der Waals surface area (Å²) in [6.07, 6.45) is 3.78. The van der Waals surface area contributed by atoms with Crippen molar-refractivity contribution in [3.05, 3.63) is 115 Å². The molecule has 0 unspecified atom stereocenters. The third kappa shape index (κ3) is 5.65. The Bertz CT molecular complexity index is 1730. The van der Waals surface area contributed by atoms with E-state index in [2.05, 4.69) is 50.6 Å². The largest absolute Gasteiger partial charge is 0.305 e. The summed E-state index contributed by atoms with van der Waals surface area (Å²) in [6, 6.07) is 30.7. The van der Waals surface area contributed by atoms with Gasteiger partial charge in [0.05, 0.1) is 13.0 Å². The minimum Gasteiger partial charge on any atom is -0.305 e. The molecular weight excluding hydrogens is 709 g/mol. The summed E-state index contributed by atoms with van der Waals surface area (Å²) in [7, 11) is -4.92. The summed E-state index contributed by atoms with van der Waals surface area (Å²) in [5, 5.41) is 1.36. The number of pyridine rings is 2. The second kappa shape index (κ2) is 11.7. The van der Waals surface area contributed by atoms with Crippen LogP contribution in [0, 0.1) is 26.0 Å². The van der Waals surface area contributed by atoms with Gasteiger partial charge in [0.1, 0.15) is 0 Å². The third-order valence-corrected chi connectivity index (χ3v) is 11.0. The third-order valence-electron chi connectivity index (χ3n) is 7.03. The molecule has 0 atom stereocenters. The number of hydrogen-bond donors (Lipinski definition) is 0. The molecule has 3 heterocycles. The van der Waals surface area contributed by atoms with E-state index in [0.29, 0.717) is 9.79 Å². The van der Waals surface area contributed by atoms with Gasteiger partial charge in [0, 0.05) is 32.5 Å². The molecule has 205 valence electrons. The van der Waals surface area contributed by atoms with Crippen LogP contribution in [-0.4, -0.2) is 26.5 Å². The Morgan fingerprint density at radius 3 is 2.15 bits per heavy atom. The van der Waals surface area contributed by atoms with Gasteiger partial charge in [-0.25, -0.2) is 8.42 Å². The van der Waals surface area contributed by atoms with Crippen molar-refractivity contribution in [3.63, 3.8) is 0 Å². The van der Waals surface area contributed by atoms with Crippen LogP contribution in [0.15, 0.2) is 101 Å². The molecule has 1 radical (unpaired) electrons. The SMILES string of the molecule is Cc1c([Si](C)(C)C)cnc(-c2[c-]cc3c(c2)-c2ccccc2S3(=O)=O)c1C.[Ir].[c-]1ccccc1-c1ccccn1. The predicted molar refractivity (Wildman–Crippen MR) is 160 cm³/mol. The summed E-state index contributed by atoms with van der Waals surface area (Å²) in [6.45, 7) is 11.2. The first kappa shape index (κ1) is 29.8. The molecule has 1 aliphatic heterocycles. The molecule has 40 heavy (non-hydrogen) atoms. The smallest absolute Gasteiger partial charge is 0.173 e. The zero-order valence-corrected chi connectivity index (χ0v) is 27.3. The molecule has 0 spiro atoms. The van der Waals surface area contributed by atoms with Crippen LogP contribution in [0.2, 0.25) is 19.6 Å². The summed E-state index contributed by atoms with van der Waals surface area (Å²) < 4.78 is 25.5. The minimum absolute atomic E-state index is 0. The maximum absolute atomic E-state index is 12.8. The number of nitrogens with zero attached hydrogens (tertiary/aromatic N) is 2. The molecule has 0 bridgehead atoms. The Hall–Kier alpha value is -3.22. The second-order valence-electron chi connectivity index (χ2n) is 10.6. The zero-order chi connectivity index (χ0) is 27.8. The monoisotopic (exact) mass is 739 g/mol. The predicted octanol–water partition coefficient (Wildman–Crippen LogP) is 7.07. The molecule has 0 fully saturated rings. The maximum Gasteiger partial charge on any atom is 0.173 e. The van der Waals surface area contributed by atoms with E-state index in [1.165, 1.54) is 10.8 Å². The second-order valence-corrected chi connectivity index (χ2v) is 17.6. The Morgan fingerprint density at radius 2 is 1.48 bits per heavy atom. The first-order valence-corrected chi connectivity index (χ1v) is 17.8. The quantitative estimate of drug-likeness (QED) is 0.144. The molecule has 5 aromatic rings. The van der Waals surface area contributed by atoms with Gasteiger partial charge < -0.3 is 9.97 Å². The maximum atomic E-state index is 12.8. The van der Waals surface area contributed by atoms with Gasteiger partial charge in [0.15, 0.2) is 9.84 Å². The molecule has 6 rings (SSSR count). The normalized spacial score (nSPS) is 12.8. The van der Waals surface area contributed by atoms with Crippen LogP contribution in [0.25, 0.3) is 33.6 Å². The number of fused-ring (bicyclic) bond motifs is 3. The topological polar surface area (TPSA) is 59.9 Å². The molecule has 3 aromatic carbocycles. The summed E-state index contributed by atoms with van der Waals surface area (Å²) in [5.41, 5.74) is 7.64. The average molecular weight is 739 g/mol. The van der Waals surface area contributed by atoms with Crippen molar-refractivity contribution in [2.75, 3.05) is 0 Å². The van der Waals surface area contributed by atoms with E-state index >= 15 is 0 Å². The Morgan fingerprint density at radius 1 is 0.750 bits per heavy atom. The van der Waals surface area contributed by atoms with Crippen molar-refractivity contribution in [2.45, 2.75) is 43.3 Å². The van der Waals surface area contributed by atoms with Crippen LogP contribution in [0.5, 0.6) is 0 Å². The molecule has 1 aliphatic rings. The van der Waals surface area contributed by atoms with Gasteiger partial charge in [0.25, 0.3) is 0 Å². The van der Waals surface area contributed by atoms with Crippen molar-refractivity contribution < 1.29 is 28.5 Å². The van der Waals surface area contributed by atoms with Gasteiger partial charge in [0.2, 0.25) is 0 Å². The van der Waals surface area contributed by atoms with Crippen molar-refractivity contribution in [3.8, 4) is 33.6 Å². The molecule has 7 heteroatoms. The van der Waals surface area contributed by atoms with Gasteiger partial charge in [-0.15, -0.1) is 59.7 Å². The van der Waals surface area contributed by atoms with Crippen molar-refractivity contribution in [1.29, 1.82) is 0 Å². The molecule has 0 aliphatic carbocycles. The minimum atomic E-state index is -3.45. The van der Waals surface area contributed by atoms with E-state index in [1.807, 2.05) is 66.9 Å². The van der Waals surface area contributed by atoms with Crippen LogP contribution in [0.4, 0.5) is 0 Å². The molecular formula is C33H30IrN2O2SSi-2. The zero-order valence-electron chi connectivity index (χ0n) is 23.1. The van der Waals surface area contributed by atoms with Crippen LogP contribution < -0.4 is 5.19 Å². The van der Waals surface area contributed by atoms with Gasteiger partial charge in [-0.05, 0) is 53.0 Å². The molecule has 0 saturated carbocycles. The number of aromatic nitrogens is 2. The summed E-state index contributed by atoms with van der Waals surface area (Å²) >= 11 is 0. The Kier molecular flexibility index (Phi) is 8.71. The first-order chi connectivity index (χ1) is 18.6. The van der Waals surface area contributed by atoms with E-state index in [9.17, 15) is 8.42 Å². The fourth-order valence-corrected chi connectivity index (χ4v) is 8.29. The van der Waals surface area contributed by atoms with Crippen LogP contribution >= 0.6 is 0 Å². The van der Waals surface area contributed by atoms with Crippen LogP contribution in [-0.2, 0) is 29.9 Å². The number of rotatable bonds is 3. The fraction of sp³-hybridized carbons (Fsp3) is 0.152. The van der Waals surface area contributed by atoms with Crippen LogP contribution in [0.3, 0.4) is 0 Å². The molecule has 2 aromatic heterocycles. The van der Waals surface area contributed by atoms with Gasteiger partial charge in [-0.2, -0.15) is 0 Å². The van der Waals surface area contributed by atoms with Crippen molar-refractivity contribution in [1.82, 2.24) is 9.97 Å². The molecule has 4 nitrogen and oxygen atoms in total. The van der Waals surface area contributed by atoms with E-state index in [1.54, 1.807) is 24.4 Å². The van der Waals surface area contributed by atoms with Gasteiger partial charge in [-0.3, -0.25) is 0 Å². The van der Waals surface area contributed by atoms with Gasteiger partial charge in [-0.1, -0.05) is 66.7 Å². The molecule has 0 N–H and O–H groups in total. The number of benzene rings is 3. The standard InChI is InChI=1S/C22H22NO2SSi.C11H8N.Ir/c1-14-15(2)22(23-13-21(14)27(3,4)5)16-10-11-20-18(12-16)17-8-6-7-9-19(17)26(20,24)25;1-2-6-10(7-3-1)11-8-4-5-9-12-11;/h6-9,11-13H,1-5H3;1-6,8-9H;/q2*-1;.